The van der Waals surface area contributed by atoms with Crippen LogP contribution in [0.2, 0.25) is 0 Å². The normalized spacial score (nSPS) is 11.4. The van der Waals surface area contributed by atoms with Crippen molar-refractivity contribution in [3.63, 3.8) is 0 Å². The molecule has 0 bridgehead atoms. The van der Waals surface area contributed by atoms with Gasteiger partial charge in [-0.05, 0) is 56.6 Å². The molecule has 4 heteroatoms. The Morgan fingerprint density at radius 1 is 0.224 bits per heavy atom. The summed E-state index contributed by atoms with van der Waals surface area (Å²) in [6.45, 7) is 0. The topological polar surface area (TPSA) is 51.6 Å². The maximum absolute atomic E-state index is 5.15. The summed E-state index contributed by atoms with van der Waals surface area (Å²) >= 11 is 0. The van der Waals surface area contributed by atoms with E-state index < -0.39 is 0 Å². The van der Waals surface area contributed by atoms with E-state index in [1.54, 1.807) is 0 Å². The number of pyridine rings is 4. The Labute approximate surface area is 335 Å². The monoisotopic (exact) mass is 738 g/mol. The van der Waals surface area contributed by atoms with Crippen LogP contribution in [0.4, 0.5) is 0 Å². The highest BCUT2D eigenvalue weighted by Crippen LogP contribution is 2.43. The highest BCUT2D eigenvalue weighted by Gasteiger charge is 2.19. The summed E-state index contributed by atoms with van der Waals surface area (Å²) in [6.07, 6.45) is 7.83. The molecule has 0 saturated carbocycles. The summed E-state index contributed by atoms with van der Waals surface area (Å²) in [5.74, 6) is 0. The van der Waals surface area contributed by atoms with Crippen LogP contribution in [0.25, 0.3) is 110 Å². The number of hydrogen-bond acceptors (Lipinski definition) is 4. The zero-order valence-electron chi connectivity index (χ0n) is 31.4. The Morgan fingerprint density at radius 2 is 0.534 bits per heavy atom. The molecule has 7 aromatic carbocycles. The van der Waals surface area contributed by atoms with E-state index in [2.05, 4.69) is 170 Å². The van der Waals surface area contributed by atoms with Crippen molar-refractivity contribution in [1.82, 2.24) is 19.9 Å². The number of aromatic nitrogens is 4. The fourth-order valence-corrected chi connectivity index (χ4v) is 8.59. The van der Waals surface area contributed by atoms with Crippen LogP contribution in [0.3, 0.4) is 0 Å². The summed E-state index contributed by atoms with van der Waals surface area (Å²) < 4.78 is 0. The van der Waals surface area contributed by atoms with E-state index in [-0.39, 0.29) is 0 Å². The zero-order chi connectivity index (χ0) is 38.4. The van der Waals surface area contributed by atoms with E-state index >= 15 is 0 Å². The molecule has 0 aliphatic rings. The summed E-state index contributed by atoms with van der Waals surface area (Å²) in [5, 5.41) is 4.31. The fraction of sp³-hybridized carbons (Fsp3) is 0. The SMILES string of the molecule is c1ccc(-c2ccnc3c2ccc2c(-c4ccccc4)c(-c4ccc(-c5cnc6c(ccc7c(-c8ccccc8)ccnc76)c5-c5ccccc5)cc4)cnc23)cc1. The smallest absolute Gasteiger partial charge is 0.0971 e. The van der Waals surface area contributed by atoms with Crippen molar-refractivity contribution in [2.75, 3.05) is 0 Å². The van der Waals surface area contributed by atoms with E-state index in [1.807, 2.05) is 36.9 Å². The highest BCUT2D eigenvalue weighted by atomic mass is 14.7. The molecule has 4 heterocycles. The van der Waals surface area contributed by atoms with Crippen LogP contribution in [0.5, 0.6) is 0 Å². The Kier molecular flexibility index (Phi) is 8.11. The number of hydrogen-bond donors (Lipinski definition) is 0. The molecule has 0 aliphatic carbocycles. The summed E-state index contributed by atoms with van der Waals surface area (Å²) in [6, 6.07) is 64.1. The van der Waals surface area contributed by atoms with Crippen molar-refractivity contribution < 1.29 is 0 Å². The van der Waals surface area contributed by atoms with E-state index in [4.69, 9.17) is 19.9 Å². The molecule has 0 unspecified atom stereocenters. The second-order valence-electron chi connectivity index (χ2n) is 14.6. The first-order valence-corrected chi connectivity index (χ1v) is 19.5. The Hall–Kier alpha value is -7.82. The number of benzene rings is 7. The number of nitrogens with zero attached hydrogens (tertiary/aromatic N) is 4. The van der Waals surface area contributed by atoms with E-state index in [0.717, 1.165) is 110 Å². The van der Waals surface area contributed by atoms with Gasteiger partial charge in [-0.2, -0.15) is 0 Å². The summed E-state index contributed by atoms with van der Waals surface area (Å²) in [5.41, 5.74) is 17.0. The third kappa shape index (κ3) is 5.62. The molecule has 58 heavy (non-hydrogen) atoms. The van der Waals surface area contributed by atoms with Crippen molar-refractivity contribution >= 4 is 43.6 Å². The molecule has 0 radical (unpaired) electrons. The lowest BCUT2D eigenvalue weighted by molar-refractivity contribution is 1.37. The van der Waals surface area contributed by atoms with Gasteiger partial charge < -0.3 is 0 Å². The molecule has 0 spiro atoms. The van der Waals surface area contributed by atoms with Gasteiger partial charge in [-0.25, -0.2) is 0 Å². The first-order chi connectivity index (χ1) is 28.8. The predicted octanol–water partition coefficient (Wildman–Crippen LogP) is 13.9. The third-order valence-electron chi connectivity index (χ3n) is 11.3. The number of rotatable bonds is 6. The van der Waals surface area contributed by atoms with Gasteiger partial charge in [-0.1, -0.05) is 170 Å². The molecule has 11 aromatic rings. The summed E-state index contributed by atoms with van der Waals surface area (Å²) in [4.78, 5) is 20.1. The minimum absolute atomic E-state index is 0.891. The summed E-state index contributed by atoms with van der Waals surface area (Å²) in [7, 11) is 0. The van der Waals surface area contributed by atoms with E-state index in [1.165, 1.54) is 0 Å². The van der Waals surface area contributed by atoms with Crippen LogP contribution >= 0.6 is 0 Å². The molecule has 0 amide bonds. The molecule has 0 fully saturated rings. The number of fused-ring (bicyclic) bond motifs is 6. The maximum Gasteiger partial charge on any atom is 0.0971 e. The molecule has 4 aromatic heterocycles. The first-order valence-electron chi connectivity index (χ1n) is 19.5. The van der Waals surface area contributed by atoms with E-state index in [9.17, 15) is 0 Å². The van der Waals surface area contributed by atoms with Gasteiger partial charge in [-0.15, -0.1) is 0 Å². The zero-order valence-corrected chi connectivity index (χ0v) is 31.4. The highest BCUT2D eigenvalue weighted by molar-refractivity contribution is 6.15. The lowest BCUT2D eigenvalue weighted by Gasteiger charge is -2.17. The average Bonchev–Trinajstić information content (AvgIpc) is 3.31. The van der Waals surface area contributed by atoms with Gasteiger partial charge in [0.1, 0.15) is 0 Å². The quantitative estimate of drug-likeness (QED) is 0.159. The predicted molar refractivity (Wildman–Crippen MR) is 240 cm³/mol. The lowest BCUT2D eigenvalue weighted by atomic mass is 9.89. The molecule has 0 N–H and O–H groups in total. The molecular formula is C54H34N4. The Morgan fingerprint density at radius 3 is 0.914 bits per heavy atom. The maximum atomic E-state index is 5.15. The molecule has 0 saturated heterocycles. The molecule has 4 nitrogen and oxygen atoms in total. The Balaban J connectivity index is 1.07. The van der Waals surface area contributed by atoms with Gasteiger partial charge in [0, 0.05) is 68.6 Å². The van der Waals surface area contributed by atoms with Crippen molar-refractivity contribution in [2.24, 2.45) is 0 Å². The van der Waals surface area contributed by atoms with Gasteiger partial charge in [0.2, 0.25) is 0 Å². The van der Waals surface area contributed by atoms with Crippen LogP contribution in [0.1, 0.15) is 0 Å². The minimum Gasteiger partial charge on any atom is -0.254 e. The van der Waals surface area contributed by atoms with E-state index in [0.29, 0.717) is 0 Å². The standard InChI is InChI=1S/C54H34N4/c1-5-13-35(14-6-1)41-29-31-55-51-43(41)25-27-45-49(39-17-9-3-10-18-39)47(33-57-53(45)51)37-21-23-38(24-22-37)48-34-58-54-46(50(48)40-19-11-4-12-20-40)28-26-44-42(30-32-56-52(44)54)36-15-7-2-8-16-36/h1-34H. The lowest BCUT2D eigenvalue weighted by Crippen LogP contribution is -1.95. The van der Waals surface area contributed by atoms with Crippen molar-refractivity contribution in [1.29, 1.82) is 0 Å². The third-order valence-corrected chi connectivity index (χ3v) is 11.3. The second kappa shape index (κ2) is 14.0. The van der Waals surface area contributed by atoms with Gasteiger partial charge in [0.05, 0.1) is 22.1 Å². The Bertz CT molecular complexity index is 3070. The van der Waals surface area contributed by atoms with Crippen LogP contribution < -0.4 is 0 Å². The van der Waals surface area contributed by atoms with Gasteiger partial charge in [-0.3, -0.25) is 19.9 Å². The largest absolute Gasteiger partial charge is 0.254 e. The molecule has 0 atom stereocenters. The molecular weight excluding hydrogens is 705 g/mol. The fourth-order valence-electron chi connectivity index (χ4n) is 8.59. The van der Waals surface area contributed by atoms with Crippen LogP contribution in [-0.2, 0) is 0 Å². The molecule has 11 rings (SSSR count). The molecule has 270 valence electrons. The average molecular weight is 739 g/mol. The molecule has 0 aliphatic heterocycles. The van der Waals surface area contributed by atoms with Crippen LogP contribution in [-0.4, -0.2) is 19.9 Å². The van der Waals surface area contributed by atoms with Crippen molar-refractivity contribution in [2.45, 2.75) is 0 Å². The minimum atomic E-state index is 0.891. The van der Waals surface area contributed by atoms with Crippen molar-refractivity contribution in [3.8, 4) is 66.8 Å². The van der Waals surface area contributed by atoms with Crippen LogP contribution in [0, 0.1) is 0 Å². The first kappa shape index (κ1) is 33.5. The van der Waals surface area contributed by atoms with Gasteiger partial charge in [0.15, 0.2) is 0 Å². The van der Waals surface area contributed by atoms with Crippen molar-refractivity contribution in [3.05, 3.63) is 207 Å². The van der Waals surface area contributed by atoms with Gasteiger partial charge >= 0.3 is 0 Å². The van der Waals surface area contributed by atoms with Gasteiger partial charge in [0.25, 0.3) is 0 Å². The van der Waals surface area contributed by atoms with Crippen LogP contribution in [0.15, 0.2) is 207 Å². The second-order valence-corrected chi connectivity index (χ2v) is 14.6.